The van der Waals surface area contributed by atoms with Crippen LogP contribution >= 0.6 is 0 Å². The summed E-state index contributed by atoms with van der Waals surface area (Å²) >= 11 is 0. The molecule has 0 aromatic heterocycles. The molecular weight excluding hydrogens is 244 g/mol. The number of urea groups is 1. The van der Waals surface area contributed by atoms with Crippen molar-refractivity contribution in [3.8, 4) is 0 Å². The Labute approximate surface area is 114 Å². The van der Waals surface area contributed by atoms with E-state index < -0.39 is 6.10 Å². The molecule has 1 aromatic carbocycles. The van der Waals surface area contributed by atoms with E-state index in [0.717, 1.165) is 22.4 Å². The van der Waals surface area contributed by atoms with Crippen molar-refractivity contribution in [1.82, 2.24) is 5.32 Å². The zero-order chi connectivity index (χ0) is 14.4. The molecule has 2 amide bonds. The standard InChI is InChI=1S/C14H22N2O3/c1-9-5-10(2)13(11(3)6-9)16-14(18)15-7-12(17)8-19-4/h5-6,12,17H,7-8H2,1-4H3,(H2,15,16,18). The first-order chi connectivity index (χ1) is 8.93. The Balaban J connectivity index is 2.58. The molecule has 0 spiro atoms. The number of ether oxygens (including phenoxy) is 1. The van der Waals surface area contributed by atoms with Crippen molar-refractivity contribution in [3.05, 3.63) is 28.8 Å². The maximum atomic E-state index is 11.7. The van der Waals surface area contributed by atoms with Crippen molar-refractivity contribution in [2.45, 2.75) is 26.9 Å². The van der Waals surface area contributed by atoms with Crippen LogP contribution < -0.4 is 10.6 Å². The summed E-state index contributed by atoms with van der Waals surface area (Å²) in [5, 5.41) is 14.8. The topological polar surface area (TPSA) is 70.6 Å². The smallest absolute Gasteiger partial charge is 0.319 e. The van der Waals surface area contributed by atoms with E-state index in [1.807, 2.05) is 32.9 Å². The lowest BCUT2D eigenvalue weighted by atomic mass is 10.1. The molecule has 0 saturated carbocycles. The van der Waals surface area contributed by atoms with E-state index in [9.17, 15) is 9.90 Å². The van der Waals surface area contributed by atoms with Crippen molar-refractivity contribution in [1.29, 1.82) is 0 Å². The third-order valence-corrected chi connectivity index (χ3v) is 2.77. The lowest BCUT2D eigenvalue weighted by molar-refractivity contribution is 0.0663. The molecule has 1 rings (SSSR count). The van der Waals surface area contributed by atoms with E-state index >= 15 is 0 Å². The minimum Gasteiger partial charge on any atom is -0.389 e. The average molecular weight is 266 g/mol. The normalized spacial score (nSPS) is 12.1. The highest BCUT2D eigenvalue weighted by molar-refractivity contribution is 5.91. The van der Waals surface area contributed by atoms with Gasteiger partial charge in [-0.25, -0.2) is 4.79 Å². The first kappa shape index (κ1) is 15.5. The van der Waals surface area contributed by atoms with E-state index in [-0.39, 0.29) is 19.2 Å². The van der Waals surface area contributed by atoms with Gasteiger partial charge in [-0.3, -0.25) is 0 Å². The second-order valence-corrected chi connectivity index (χ2v) is 4.72. The number of anilines is 1. The van der Waals surface area contributed by atoms with Crippen molar-refractivity contribution in [3.63, 3.8) is 0 Å². The number of aliphatic hydroxyl groups excluding tert-OH is 1. The Morgan fingerprint density at radius 3 is 2.42 bits per heavy atom. The molecule has 1 atom stereocenters. The second kappa shape index (κ2) is 7.11. The quantitative estimate of drug-likeness (QED) is 0.760. The van der Waals surface area contributed by atoms with Gasteiger partial charge in [-0.1, -0.05) is 17.7 Å². The largest absolute Gasteiger partial charge is 0.389 e. The van der Waals surface area contributed by atoms with Gasteiger partial charge in [0.1, 0.15) is 0 Å². The van der Waals surface area contributed by atoms with Crippen LogP contribution in [-0.4, -0.2) is 37.5 Å². The highest BCUT2D eigenvalue weighted by Crippen LogP contribution is 2.21. The van der Waals surface area contributed by atoms with Crippen LogP contribution in [0, 0.1) is 20.8 Å². The fraction of sp³-hybridized carbons (Fsp3) is 0.500. The van der Waals surface area contributed by atoms with E-state index in [4.69, 9.17) is 4.74 Å². The molecule has 1 unspecified atom stereocenters. The first-order valence-electron chi connectivity index (χ1n) is 6.23. The van der Waals surface area contributed by atoms with Gasteiger partial charge in [0.05, 0.1) is 12.7 Å². The molecule has 0 aliphatic rings. The summed E-state index contributed by atoms with van der Waals surface area (Å²) in [4.78, 5) is 11.7. The van der Waals surface area contributed by atoms with E-state index in [1.54, 1.807) is 0 Å². The van der Waals surface area contributed by atoms with Crippen LogP contribution in [0.15, 0.2) is 12.1 Å². The Morgan fingerprint density at radius 2 is 1.89 bits per heavy atom. The molecule has 106 valence electrons. The first-order valence-corrected chi connectivity index (χ1v) is 6.23. The molecule has 0 aliphatic heterocycles. The number of hydrogen-bond acceptors (Lipinski definition) is 3. The van der Waals surface area contributed by atoms with Gasteiger partial charge in [0.2, 0.25) is 0 Å². The fourth-order valence-corrected chi connectivity index (χ4v) is 2.00. The average Bonchev–Trinajstić information content (AvgIpc) is 2.31. The number of rotatable bonds is 5. The maximum Gasteiger partial charge on any atom is 0.319 e. The van der Waals surface area contributed by atoms with Gasteiger partial charge in [0, 0.05) is 19.3 Å². The van der Waals surface area contributed by atoms with Gasteiger partial charge >= 0.3 is 6.03 Å². The van der Waals surface area contributed by atoms with Crippen molar-refractivity contribution < 1.29 is 14.6 Å². The molecule has 0 aliphatic carbocycles. The minimum atomic E-state index is -0.698. The SMILES string of the molecule is COCC(O)CNC(=O)Nc1c(C)cc(C)cc1C. The Bertz CT molecular complexity index is 423. The van der Waals surface area contributed by atoms with Gasteiger partial charge in [-0.05, 0) is 31.9 Å². The van der Waals surface area contributed by atoms with Gasteiger partial charge in [0.15, 0.2) is 0 Å². The highest BCUT2D eigenvalue weighted by atomic mass is 16.5. The summed E-state index contributed by atoms with van der Waals surface area (Å²) in [6.45, 7) is 6.28. The van der Waals surface area contributed by atoms with Crippen molar-refractivity contribution in [2.24, 2.45) is 0 Å². The Kier molecular flexibility index (Phi) is 5.79. The van der Waals surface area contributed by atoms with Crippen LogP contribution in [0.4, 0.5) is 10.5 Å². The zero-order valence-corrected chi connectivity index (χ0v) is 11.9. The van der Waals surface area contributed by atoms with Gasteiger partial charge in [-0.15, -0.1) is 0 Å². The number of nitrogens with one attached hydrogen (secondary N) is 2. The van der Waals surface area contributed by atoms with E-state index in [0.29, 0.717) is 0 Å². The number of hydrogen-bond donors (Lipinski definition) is 3. The third kappa shape index (κ3) is 4.89. The number of carbonyl (C=O) groups is 1. The highest BCUT2D eigenvalue weighted by Gasteiger charge is 2.09. The monoisotopic (exact) mass is 266 g/mol. The molecule has 0 saturated heterocycles. The van der Waals surface area contributed by atoms with Crippen molar-refractivity contribution >= 4 is 11.7 Å². The van der Waals surface area contributed by atoms with Crippen LogP contribution in [0.3, 0.4) is 0 Å². The molecule has 1 aromatic rings. The molecule has 19 heavy (non-hydrogen) atoms. The minimum absolute atomic E-state index is 0.156. The molecule has 5 heteroatoms. The summed E-state index contributed by atoms with van der Waals surface area (Å²) in [5.74, 6) is 0. The molecule has 3 N–H and O–H groups in total. The van der Waals surface area contributed by atoms with Gasteiger partial charge in [-0.2, -0.15) is 0 Å². The molecule has 5 nitrogen and oxygen atoms in total. The number of amides is 2. The van der Waals surface area contributed by atoms with Gasteiger partial charge < -0.3 is 20.5 Å². The fourth-order valence-electron chi connectivity index (χ4n) is 2.00. The molecule has 0 fully saturated rings. The number of aryl methyl sites for hydroxylation is 3. The van der Waals surface area contributed by atoms with Crippen LogP contribution in [0.25, 0.3) is 0 Å². The summed E-state index contributed by atoms with van der Waals surface area (Å²) in [7, 11) is 1.50. The zero-order valence-electron chi connectivity index (χ0n) is 11.9. The predicted octanol–water partition coefficient (Wildman–Crippen LogP) is 1.74. The van der Waals surface area contributed by atoms with Gasteiger partial charge in [0.25, 0.3) is 0 Å². The van der Waals surface area contributed by atoms with E-state index in [1.165, 1.54) is 7.11 Å². The van der Waals surface area contributed by atoms with Crippen LogP contribution in [0.1, 0.15) is 16.7 Å². The summed E-state index contributed by atoms with van der Waals surface area (Å²) < 4.78 is 4.78. The second-order valence-electron chi connectivity index (χ2n) is 4.72. The maximum absolute atomic E-state index is 11.7. The number of benzene rings is 1. The van der Waals surface area contributed by atoms with Crippen LogP contribution in [-0.2, 0) is 4.74 Å². The Morgan fingerprint density at radius 1 is 1.32 bits per heavy atom. The number of methoxy groups -OCH3 is 1. The Hall–Kier alpha value is -1.59. The summed E-state index contributed by atoms with van der Waals surface area (Å²) in [6, 6.07) is 3.70. The molecule has 0 heterocycles. The van der Waals surface area contributed by atoms with E-state index in [2.05, 4.69) is 10.6 Å². The lowest BCUT2D eigenvalue weighted by Gasteiger charge is -2.15. The molecule has 0 radical (unpaired) electrons. The summed E-state index contributed by atoms with van der Waals surface area (Å²) in [5.41, 5.74) is 4.01. The molecule has 0 bridgehead atoms. The third-order valence-electron chi connectivity index (χ3n) is 2.77. The number of aliphatic hydroxyl groups is 1. The van der Waals surface area contributed by atoms with Crippen molar-refractivity contribution in [2.75, 3.05) is 25.6 Å². The number of carbonyl (C=O) groups excluding carboxylic acids is 1. The molecular formula is C14H22N2O3. The summed E-state index contributed by atoms with van der Waals surface area (Å²) in [6.07, 6.45) is -0.698. The lowest BCUT2D eigenvalue weighted by Crippen LogP contribution is -2.37. The van der Waals surface area contributed by atoms with Crippen LogP contribution in [0.5, 0.6) is 0 Å². The van der Waals surface area contributed by atoms with Crippen LogP contribution in [0.2, 0.25) is 0 Å². The predicted molar refractivity (Wildman–Crippen MR) is 75.6 cm³/mol.